The van der Waals surface area contributed by atoms with Gasteiger partial charge >= 0.3 is 0 Å². The Morgan fingerprint density at radius 2 is 2.21 bits per heavy atom. The molecule has 1 aliphatic heterocycles. The molecule has 2 rings (SSSR count). The number of nitrogens with zero attached hydrogens (tertiary/aromatic N) is 1. The van der Waals surface area contributed by atoms with Gasteiger partial charge in [0.05, 0.1) is 17.6 Å². The van der Waals surface area contributed by atoms with E-state index in [0.717, 1.165) is 4.47 Å². The summed E-state index contributed by atoms with van der Waals surface area (Å²) in [4.78, 5) is 0. The number of rotatable bonds is 2. The van der Waals surface area contributed by atoms with Gasteiger partial charge in [-0.1, -0.05) is 28.1 Å². The summed E-state index contributed by atoms with van der Waals surface area (Å²) in [7, 11) is -3.26. The van der Waals surface area contributed by atoms with Gasteiger partial charge < -0.3 is 5.11 Å². The molecule has 0 aromatic heterocycles. The van der Waals surface area contributed by atoms with Crippen LogP contribution in [0.4, 0.5) is 0 Å². The van der Waals surface area contributed by atoms with Gasteiger partial charge in [-0.25, -0.2) is 8.42 Å². The van der Waals surface area contributed by atoms with Gasteiger partial charge in [-0.05, 0) is 31.0 Å². The first kappa shape index (κ1) is 14.5. The average Bonchev–Trinajstić information content (AvgIpc) is 2.67. The molecule has 1 aromatic rings. The van der Waals surface area contributed by atoms with E-state index >= 15 is 0 Å². The van der Waals surface area contributed by atoms with Gasteiger partial charge in [0.25, 0.3) is 0 Å². The van der Waals surface area contributed by atoms with E-state index in [1.165, 1.54) is 6.92 Å². The van der Waals surface area contributed by atoms with Crippen molar-refractivity contribution < 1.29 is 13.5 Å². The Morgan fingerprint density at radius 1 is 1.53 bits per heavy atom. The summed E-state index contributed by atoms with van der Waals surface area (Å²) < 4.78 is 24.1. The van der Waals surface area contributed by atoms with E-state index < -0.39 is 20.9 Å². The molecule has 0 radical (unpaired) electrons. The van der Waals surface area contributed by atoms with Gasteiger partial charge in [-0.3, -0.25) is 0 Å². The minimum absolute atomic E-state index is 0.0509. The normalized spacial score (nSPS) is 28.5. The maximum Gasteiger partial charge on any atom is 0.152 e. The molecule has 1 fully saturated rings. The lowest BCUT2D eigenvalue weighted by atomic mass is 9.70. The fourth-order valence-corrected chi connectivity index (χ4v) is 4.94. The highest BCUT2D eigenvalue weighted by Crippen LogP contribution is 2.47. The van der Waals surface area contributed by atoms with Gasteiger partial charge in [0.15, 0.2) is 9.84 Å². The number of benzene rings is 1. The molecule has 2 unspecified atom stereocenters. The van der Waals surface area contributed by atoms with Crippen molar-refractivity contribution in [3.05, 3.63) is 34.3 Å². The highest BCUT2D eigenvalue weighted by molar-refractivity contribution is 9.10. The monoisotopic (exact) mass is 343 g/mol. The molecule has 1 saturated heterocycles. The number of hydrogen-bond acceptors (Lipinski definition) is 4. The molecular weight excluding hydrogens is 330 g/mol. The Bertz CT molecular complexity index is 648. The van der Waals surface area contributed by atoms with Crippen LogP contribution < -0.4 is 0 Å². The van der Waals surface area contributed by atoms with Gasteiger partial charge in [-0.15, -0.1) is 0 Å². The molecule has 1 N–H and O–H groups in total. The zero-order valence-corrected chi connectivity index (χ0v) is 12.8. The number of halogens is 1. The maximum atomic E-state index is 11.7. The summed E-state index contributed by atoms with van der Waals surface area (Å²) in [5, 5.41) is 20.2. The number of hydrogen-bond donors (Lipinski definition) is 1. The highest BCUT2D eigenvalue weighted by Gasteiger charge is 2.55. The Hall–Kier alpha value is -0.900. The largest absolute Gasteiger partial charge is 0.384 e. The molecule has 1 heterocycles. The Kier molecular flexibility index (Phi) is 3.50. The molecule has 0 spiro atoms. The highest BCUT2D eigenvalue weighted by atomic mass is 79.9. The summed E-state index contributed by atoms with van der Waals surface area (Å²) in [6, 6.07) is 9.02. The Balaban J connectivity index is 2.52. The van der Waals surface area contributed by atoms with Crippen molar-refractivity contribution in [1.29, 1.82) is 5.26 Å². The first-order valence-electron chi connectivity index (χ1n) is 5.83. The third-order valence-electron chi connectivity index (χ3n) is 3.84. The Labute approximate surface area is 121 Å². The van der Waals surface area contributed by atoms with Crippen LogP contribution in [0, 0.1) is 16.7 Å². The first-order valence-corrected chi connectivity index (χ1v) is 8.44. The summed E-state index contributed by atoms with van der Waals surface area (Å²) in [5.41, 5.74) is -2.25. The van der Waals surface area contributed by atoms with Crippen molar-refractivity contribution in [2.75, 3.05) is 11.5 Å². The van der Waals surface area contributed by atoms with E-state index in [1.807, 2.05) is 12.1 Å². The fourth-order valence-electron chi connectivity index (χ4n) is 2.50. The molecule has 2 atom stereocenters. The predicted octanol–water partition coefficient (Wildman–Crippen LogP) is 1.99. The van der Waals surface area contributed by atoms with Crippen LogP contribution in [0.5, 0.6) is 0 Å². The molecule has 102 valence electrons. The third-order valence-corrected chi connectivity index (χ3v) is 6.09. The smallest absolute Gasteiger partial charge is 0.152 e. The number of nitriles is 1. The lowest BCUT2D eigenvalue weighted by molar-refractivity contribution is -0.0323. The minimum Gasteiger partial charge on any atom is -0.384 e. The molecule has 19 heavy (non-hydrogen) atoms. The molecule has 0 saturated carbocycles. The third kappa shape index (κ3) is 2.42. The quantitative estimate of drug-likeness (QED) is 0.890. The van der Waals surface area contributed by atoms with Crippen LogP contribution >= 0.6 is 15.9 Å². The van der Waals surface area contributed by atoms with Crippen molar-refractivity contribution in [3.63, 3.8) is 0 Å². The van der Waals surface area contributed by atoms with Crippen LogP contribution in [-0.2, 0) is 15.4 Å². The van der Waals surface area contributed by atoms with Crippen molar-refractivity contribution >= 4 is 25.8 Å². The second kappa shape index (κ2) is 4.58. The van der Waals surface area contributed by atoms with Crippen LogP contribution in [-0.4, -0.2) is 25.0 Å². The van der Waals surface area contributed by atoms with Crippen LogP contribution in [0.25, 0.3) is 0 Å². The van der Waals surface area contributed by atoms with Crippen LogP contribution in [0.3, 0.4) is 0 Å². The lowest BCUT2D eigenvalue weighted by Gasteiger charge is -2.36. The van der Waals surface area contributed by atoms with Crippen LogP contribution in [0.2, 0.25) is 0 Å². The van der Waals surface area contributed by atoms with Gasteiger partial charge in [0.2, 0.25) is 0 Å². The summed E-state index contributed by atoms with van der Waals surface area (Å²) in [5.74, 6) is -0.347. The molecule has 0 aliphatic carbocycles. The van der Waals surface area contributed by atoms with Crippen molar-refractivity contribution in [2.45, 2.75) is 18.9 Å². The molecule has 4 nitrogen and oxygen atoms in total. The van der Waals surface area contributed by atoms with E-state index in [4.69, 9.17) is 0 Å². The molecule has 0 amide bonds. The van der Waals surface area contributed by atoms with Crippen LogP contribution in [0.1, 0.15) is 18.9 Å². The molecule has 6 heteroatoms. The predicted molar refractivity (Wildman–Crippen MR) is 75.0 cm³/mol. The van der Waals surface area contributed by atoms with E-state index in [2.05, 4.69) is 15.9 Å². The Morgan fingerprint density at radius 3 is 2.68 bits per heavy atom. The maximum absolute atomic E-state index is 11.7. The second-order valence-electron chi connectivity index (χ2n) is 5.12. The SMILES string of the molecule is CC(O)(c1cccc(Br)c1)C1(C#N)CCS(=O)(=O)C1. The van der Waals surface area contributed by atoms with Crippen LogP contribution in [0.15, 0.2) is 28.7 Å². The zero-order valence-electron chi connectivity index (χ0n) is 10.4. The standard InChI is InChI=1S/C13H14BrNO3S/c1-12(16,10-3-2-4-11(14)7-10)13(8-15)5-6-19(17,18)9-13/h2-4,7,16H,5-6,9H2,1H3. The van der Waals surface area contributed by atoms with Gasteiger partial charge in [0, 0.05) is 4.47 Å². The second-order valence-corrected chi connectivity index (χ2v) is 8.22. The van der Waals surface area contributed by atoms with E-state index in [1.54, 1.807) is 18.2 Å². The summed E-state index contributed by atoms with van der Waals surface area (Å²) in [6.07, 6.45) is 0.158. The topological polar surface area (TPSA) is 78.2 Å². The van der Waals surface area contributed by atoms with Gasteiger partial charge in [-0.2, -0.15) is 5.26 Å². The van der Waals surface area contributed by atoms with Crippen molar-refractivity contribution in [1.82, 2.24) is 0 Å². The first-order chi connectivity index (χ1) is 8.72. The number of sulfone groups is 1. The number of aliphatic hydroxyl groups is 1. The molecule has 0 bridgehead atoms. The van der Waals surface area contributed by atoms with Gasteiger partial charge in [0.1, 0.15) is 11.0 Å². The van der Waals surface area contributed by atoms with E-state index in [-0.39, 0.29) is 17.9 Å². The van der Waals surface area contributed by atoms with E-state index in [9.17, 15) is 18.8 Å². The minimum atomic E-state index is -3.26. The van der Waals surface area contributed by atoms with Crippen molar-refractivity contribution in [2.24, 2.45) is 5.41 Å². The molecular formula is C13H14BrNO3S. The lowest BCUT2D eigenvalue weighted by Crippen LogP contribution is -2.43. The van der Waals surface area contributed by atoms with Crippen molar-refractivity contribution in [3.8, 4) is 6.07 Å². The summed E-state index contributed by atoms with van der Waals surface area (Å²) >= 11 is 3.31. The van der Waals surface area contributed by atoms with E-state index in [0.29, 0.717) is 5.56 Å². The fraction of sp³-hybridized carbons (Fsp3) is 0.462. The average molecular weight is 344 g/mol. The molecule has 1 aromatic carbocycles. The molecule has 1 aliphatic rings. The zero-order chi connectivity index (χ0) is 14.3. The summed E-state index contributed by atoms with van der Waals surface area (Å²) in [6.45, 7) is 1.51.